The number of hydrogen-bond donors (Lipinski definition) is 2. The van der Waals surface area contributed by atoms with Gasteiger partial charge in [0.25, 0.3) is 0 Å². The fourth-order valence-corrected chi connectivity index (χ4v) is 1.07. The van der Waals surface area contributed by atoms with Crippen molar-refractivity contribution in [2.45, 2.75) is 18.8 Å². The van der Waals surface area contributed by atoms with Crippen LogP contribution in [0.4, 0.5) is 0 Å². The standard InChI is InChI=1S/C3H8ClNO3S/c1-2-3(4)5-9(6,7)8/h3,5H,2H2,1H3,(H,6,7,8). The average Bonchev–Trinajstić information content (AvgIpc) is 1.62. The summed E-state index contributed by atoms with van der Waals surface area (Å²) >= 11 is 5.30. The summed E-state index contributed by atoms with van der Waals surface area (Å²) in [6, 6.07) is 0. The Hall–Kier alpha value is 0.160. The van der Waals surface area contributed by atoms with Crippen molar-refractivity contribution in [2.75, 3.05) is 0 Å². The third-order valence-electron chi connectivity index (χ3n) is 0.635. The van der Waals surface area contributed by atoms with E-state index in [1.54, 1.807) is 11.6 Å². The van der Waals surface area contributed by atoms with E-state index in [4.69, 9.17) is 16.2 Å². The minimum atomic E-state index is -4.12. The summed E-state index contributed by atoms with van der Waals surface area (Å²) in [6.45, 7) is 1.69. The molecule has 0 rings (SSSR count). The van der Waals surface area contributed by atoms with Gasteiger partial charge in [0.2, 0.25) is 0 Å². The first-order valence-electron chi connectivity index (χ1n) is 2.34. The largest absolute Gasteiger partial charge is 0.334 e. The van der Waals surface area contributed by atoms with Gasteiger partial charge in [-0.15, -0.1) is 11.6 Å². The summed E-state index contributed by atoms with van der Waals surface area (Å²) in [5, 5.41) is 0. The molecule has 0 heterocycles. The number of hydrogen-bond acceptors (Lipinski definition) is 2. The third-order valence-corrected chi connectivity index (χ3v) is 1.76. The van der Waals surface area contributed by atoms with E-state index in [-0.39, 0.29) is 0 Å². The molecule has 0 saturated carbocycles. The summed E-state index contributed by atoms with van der Waals surface area (Å²) < 4.78 is 29.8. The number of halogens is 1. The second-order valence-electron chi connectivity index (χ2n) is 1.47. The van der Waals surface area contributed by atoms with Crippen molar-refractivity contribution >= 4 is 21.9 Å². The van der Waals surface area contributed by atoms with Crippen LogP contribution >= 0.6 is 11.6 Å². The van der Waals surface area contributed by atoms with Crippen LogP contribution in [0.5, 0.6) is 0 Å². The molecule has 4 nitrogen and oxygen atoms in total. The molecule has 0 saturated heterocycles. The predicted octanol–water partition coefficient (Wildman–Crippen LogP) is 0.354. The fraction of sp³-hybridized carbons (Fsp3) is 1.00. The fourth-order valence-electron chi connectivity index (χ4n) is 0.245. The number of rotatable bonds is 3. The van der Waals surface area contributed by atoms with Crippen molar-refractivity contribution in [3.63, 3.8) is 0 Å². The summed E-state index contributed by atoms with van der Waals surface area (Å²) in [7, 11) is -4.12. The Labute approximate surface area is 59.1 Å². The molecule has 56 valence electrons. The number of alkyl halides is 1. The molecule has 0 aliphatic rings. The third kappa shape index (κ3) is 6.04. The highest BCUT2D eigenvalue weighted by Gasteiger charge is 2.08. The minimum Gasteiger partial charge on any atom is -0.273 e. The minimum absolute atomic E-state index is 0.432. The van der Waals surface area contributed by atoms with Crippen molar-refractivity contribution < 1.29 is 13.0 Å². The maximum atomic E-state index is 9.96. The molecule has 0 radical (unpaired) electrons. The van der Waals surface area contributed by atoms with Gasteiger partial charge in [-0.1, -0.05) is 6.92 Å². The van der Waals surface area contributed by atoms with Crippen LogP contribution in [-0.4, -0.2) is 18.5 Å². The van der Waals surface area contributed by atoms with Crippen molar-refractivity contribution in [1.82, 2.24) is 4.72 Å². The van der Waals surface area contributed by atoms with Crippen molar-refractivity contribution in [3.8, 4) is 0 Å². The molecule has 1 atom stereocenters. The molecular formula is C3H8ClNO3S. The van der Waals surface area contributed by atoms with E-state index in [1.165, 1.54) is 0 Å². The van der Waals surface area contributed by atoms with Gasteiger partial charge in [-0.25, -0.2) is 0 Å². The molecule has 6 heteroatoms. The molecule has 9 heavy (non-hydrogen) atoms. The van der Waals surface area contributed by atoms with Gasteiger partial charge in [-0.3, -0.25) is 4.55 Å². The SMILES string of the molecule is CCC(Cl)NS(=O)(=O)O. The molecule has 0 aromatic heterocycles. The Morgan fingerprint density at radius 1 is 1.78 bits per heavy atom. The van der Waals surface area contributed by atoms with Gasteiger partial charge >= 0.3 is 10.3 Å². The molecule has 0 amide bonds. The summed E-state index contributed by atoms with van der Waals surface area (Å²) in [5.41, 5.74) is -0.722. The summed E-state index contributed by atoms with van der Waals surface area (Å²) in [4.78, 5) is 0. The van der Waals surface area contributed by atoms with E-state index >= 15 is 0 Å². The molecule has 0 aliphatic carbocycles. The molecule has 0 aromatic carbocycles. The lowest BCUT2D eigenvalue weighted by Gasteiger charge is -2.03. The Balaban J connectivity index is 3.75. The topological polar surface area (TPSA) is 66.4 Å². The van der Waals surface area contributed by atoms with Gasteiger partial charge in [0.15, 0.2) is 0 Å². The smallest absolute Gasteiger partial charge is 0.273 e. The Morgan fingerprint density at radius 2 is 2.22 bits per heavy atom. The zero-order valence-electron chi connectivity index (χ0n) is 4.83. The van der Waals surface area contributed by atoms with E-state index in [1.807, 2.05) is 0 Å². The van der Waals surface area contributed by atoms with E-state index in [2.05, 4.69) is 0 Å². The van der Waals surface area contributed by atoms with Crippen molar-refractivity contribution in [2.24, 2.45) is 0 Å². The highest BCUT2D eigenvalue weighted by Crippen LogP contribution is 1.96. The van der Waals surface area contributed by atoms with Crippen LogP contribution in [0.15, 0.2) is 0 Å². The van der Waals surface area contributed by atoms with Crippen LogP contribution in [0.3, 0.4) is 0 Å². The molecule has 0 aromatic rings. The van der Waals surface area contributed by atoms with E-state index in [0.717, 1.165) is 0 Å². The van der Waals surface area contributed by atoms with Gasteiger partial charge in [-0.05, 0) is 6.42 Å². The van der Waals surface area contributed by atoms with E-state index in [0.29, 0.717) is 6.42 Å². The monoisotopic (exact) mass is 173 g/mol. The second kappa shape index (κ2) is 3.36. The molecule has 0 aliphatic heterocycles. The van der Waals surface area contributed by atoms with E-state index in [9.17, 15) is 8.42 Å². The summed E-state index contributed by atoms with van der Waals surface area (Å²) in [5.74, 6) is 0. The maximum Gasteiger partial charge on any atom is 0.334 e. The molecule has 1 unspecified atom stereocenters. The quantitative estimate of drug-likeness (QED) is 0.368. The highest BCUT2D eigenvalue weighted by atomic mass is 35.5. The summed E-state index contributed by atoms with van der Waals surface area (Å²) in [6.07, 6.45) is 0.432. The maximum absolute atomic E-state index is 9.96. The average molecular weight is 174 g/mol. The van der Waals surface area contributed by atoms with Crippen LogP contribution in [0.25, 0.3) is 0 Å². The lowest BCUT2D eigenvalue weighted by atomic mass is 10.5. The molecule has 0 spiro atoms. The van der Waals surface area contributed by atoms with Crippen LogP contribution in [-0.2, 0) is 10.3 Å². The Kier molecular flexibility index (Phi) is 3.42. The molecule has 0 fully saturated rings. The Morgan fingerprint density at radius 3 is 2.33 bits per heavy atom. The highest BCUT2D eigenvalue weighted by molar-refractivity contribution is 7.83. The van der Waals surface area contributed by atoms with Crippen LogP contribution in [0.2, 0.25) is 0 Å². The van der Waals surface area contributed by atoms with Gasteiger partial charge < -0.3 is 0 Å². The zero-order chi connectivity index (χ0) is 7.49. The van der Waals surface area contributed by atoms with Gasteiger partial charge in [0.1, 0.15) is 0 Å². The van der Waals surface area contributed by atoms with Crippen molar-refractivity contribution in [1.29, 1.82) is 0 Å². The zero-order valence-corrected chi connectivity index (χ0v) is 6.41. The van der Waals surface area contributed by atoms with Gasteiger partial charge in [0.05, 0.1) is 5.50 Å². The first-order chi connectivity index (χ1) is 3.95. The van der Waals surface area contributed by atoms with E-state index < -0.39 is 15.8 Å². The lowest BCUT2D eigenvalue weighted by molar-refractivity contribution is 0.463. The lowest BCUT2D eigenvalue weighted by Crippen LogP contribution is -2.29. The molecule has 0 bridgehead atoms. The van der Waals surface area contributed by atoms with Gasteiger partial charge in [-0.2, -0.15) is 13.1 Å². The predicted molar refractivity (Wildman–Crippen MR) is 34.6 cm³/mol. The number of nitrogens with one attached hydrogen (secondary N) is 1. The normalized spacial score (nSPS) is 15.4. The molecular weight excluding hydrogens is 166 g/mol. The Bertz CT molecular complexity index is 166. The molecule has 2 N–H and O–H groups in total. The van der Waals surface area contributed by atoms with Crippen LogP contribution in [0, 0.1) is 0 Å². The first-order valence-corrected chi connectivity index (χ1v) is 4.22. The first kappa shape index (κ1) is 9.16. The second-order valence-corrected chi connectivity index (χ2v) is 3.18. The van der Waals surface area contributed by atoms with Gasteiger partial charge in [0, 0.05) is 0 Å². The van der Waals surface area contributed by atoms with Crippen LogP contribution < -0.4 is 4.72 Å². The van der Waals surface area contributed by atoms with Crippen LogP contribution in [0.1, 0.15) is 13.3 Å². The van der Waals surface area contributed by atoms with Crippen molar-refractivity contribution in [3.05, 3.63) is 0 Å².